The number of fused-ring (bicyclic) bond motifs is 1. The zero-order valence-corrected chi connectivity index (χ0v) is 16.1. The summed E-state index contributed by atoms with van der Waals surface area (Å²) in [5.41, 5.74) is 2.12. The van der Waals surface area contributed by atoms with Crippen LogP contribution in [0.2, 0.25) is 0 Å². The highest BCUT2D eigenvalue weighted by atomic mass is 32.2. The first-order valence-electron chi connectivity index (χ1n) is 8.60. The number of benzene rings is 2. The first-order chi connectivity index (χ1) is 13.9. The second kappa shape index (κ2) is 7.32. The molecular weight excluding hydrogens is 392 g/mol. The Morgan fingerprint density at radius 3 is 2.41 bits per heavy atom. The Bertz CT molecular complexity index is 1280. The Labute approximate surface area is 166 Å². The van der Waals surface area contributed by atoms with Crippen LogP contribution in [0.4, 0.5) is 11.6 Å². The zero-order chi connectivity index (χ0) is 20.4. The van der Waals surface area contributed by atoms with Gasteiger partial charge in [-0.2, -0.15) is 9.50 Å². The van der Waals surface area contributed by atoms with Crippen molar-refractivity contribution in [3.05, 3.63) is 66.9 Å². The van der Waals surface area contributed by atoms with E-state index in [0.717, 1.165) is 11.3 Å². The minimum Gasteiger partial charge on any atom is -0.326 e. The van der Waals surface area contributed by atoms with Crippen molar-refractivity contribution in [1.82, 2.24) is 19.6 Å². The molecule has 0 spiro atoms. The Kier molecular flexibility index (Phi) is 4.69. The van der Waals surface area contributed by atoms with Crippen molar-refractivity contribution < 1.29 is 13.2 Å². The van der Waals surface area contributed by atoms with Crippen LogP contribution >= 0.6 is 0 Å². The van der Waals surface area contributed by atoms with Crippen molar-refractivity contribution in [2.24, 2.45) is 0 Å². The van der Waals surface area contributed by atoms with Gasteiger partial charge in [0.15, 0.2) is 0 Å². The summed E-state index contributed by atoms with van der Waals surface area (Å²) < 4.78 is 29.2. The number of carbonyl (C=O) groups is 1. The van der Waals surface area contributed by atoms with E-state index in [1.54, 1.807) is 12.3 Å². The van der Waals surface area contributed by atoms with Gasteiger partial charge in [-0.15, -0.1) is 5.10 Å². The van der Waals surface area contributed by atoms with Gasteiger partial charge in [-0.1, -0.05) is 30.3 Å². The molecule has 0 fully saturated rings. The molecule has 2 N–H and O–H groups in total. The Hall–Kier alpha value is -3.79. The molecule has 0 radical (unpaired) electrons. The van der Waals surface area contributed by atoms with Gasteiger partial charge in [-0.25, -0.2) is 18.1 Å². The lowest BCUT2D eigenvalue weighted by molar-refractivity contribution is -0.114. The summed E-state index contributed by atoms with van der Waals surface area (Å²) in [6, 6.07) is 17.1. The van der Waals surface area contributed by atoms with E-state index in [0.29, 0.717) is 5.69 Å². The van der Waals surface area contributed by atoms with Crippen molar-refractivity contribution in [1.29, 1.82) is 0 Å². The third-order valence-corrected chi connectivity index (χ3v) is 5.36. The average molecular weight is 408 g/mol. The van der Waals surface area contributed by atoms with Crippen molar-refractivity contribution in [3.8, 4) is 11.3 Å². The molecule has 0 saturated carbocycles. The first kappa shape index (κ1) is 18.6. The molecule has 29 heavy (non-hydrogen) atoms. The van der Waals surface area contributed by atoms with Crippen LogP contribution < -0.4 is 10.0 Å². The molecule has 9 nitrogen and oxygen atoms in total. The summed E-state index contributed by atoms with van der Waals surface area (Å²) in [7, 11) is -3.91. The second-order valence-electron chi connectivity index (χ2n) is 6.15. The van der Waals surface area contributed by atoms with E-state index in [1.807, 2.05) is 30.3 Å². The third-order valence-electron chi connectivity index (χ3n) is 4.02. The van der Waals surface area contributed by atoms with E-state index in [-0.39, 0.29) is 22.5 Å². The van der Waals surface area contributed by atoms with E-state index in [2.05, 4.69) is 25.1 Å². The molecule has 0 saturated heterocycles. The molecule has 2 aromatic carbocycles. The lowest BCUT2D eigenvalue weighted by Gasteiger charge is -2.06. The Balaban J connectivity index is 1.64. The fourth-order valence-electron chi connectivity index (χ4n) is 2.76. The van der Waals surface area contributed by atoms with E-state index in [4.69, 9.17) is 0 Å². The van der Waals surface area contributed by atoms with Crippen molar-refractivity contribution in [3.63, 3.8) is 0 Å². The smallest absolute Gasteiger partial charge is 0.264 e. The minimum atomic E-state index is -3.91. The van der Waals surface area contributed by atoms with Gasteiger partial charge >= 0.3 is 0 Å². The zero-order valence-electron chi connectivity index (χ0n) is 15.3. The van der Waals surface area contributed by atoms with Crippen molar-refractivity contribution in [2.45, 2.75) is 11.8 Å². The maximum Gasteiger partial charge on any atom is 0.264 e. The lowest BCUT2D eigenvalue weighted by Crippen LogP contribution is -2.14. The summed E-state index contributed by atoms with van der Waals surface area (Å²) in [5.74, 6) is -0.0637. The summed E-state index contributed by atoms with van der Waals surface area (Å²) in [6.45, 7) is 1.37. The topological polar surface area (TPSA) is 118 Å². The number of carbonyl (C=O) groups excluding carboxylic acids is 1. The van der Waals surface area contributed by atoms with Gasteiger partial charge < -0.3 is 5.32 Å². The van der Waals surface area contributed by atoms with Crippen molar-refractivity contribution >= 4 is 33.3 Å². The molecule has 2 aromatic heterocycles. The first-order valence-corrected chi connectivity index (χ1v) is 10.1. The maximum atomic E-state index is 12.7. The number of amides is 1. The predicted octanol–water partition coefficient (Wildman–Crippen LogP) is 2.55. The van der Waals surface area contributed by atoms with Gasteiger partial charge in [-0.3, -0.25) is 4.79 Å². The highest BCUT2D eigenvalue weighted by molar-refractivity contribution is 7.92. The number of aromatic nitrogens is 4. The van der Waals surface area contributed by atoms with E-state index in [9.17, 15) is 13.2 Å². The van der Waals surface area contributed by atoms with Crippen LogP contribution in [-0.4, -0.2) is 33.9 Å². The van der Waals surface area contributed by atoms with Gasteiger partial charge in [0.05, 0.1) is 10.6 Å². The molecule has 1 amide bonds. The van der Waals surface area contributed by atoms with Gasteiger partial charge in [-0.05, 0) is 30.3 Å². The number of rotatable bonds is 5. The molecule has 0 bridgehead atoms. The largest absolute Gasteiger partial charge is 0.326 e. The molecule has 10 heteroatoms. The predicted molar refractivity (Wildman–Crippen MR) is 108 cm³/mol. The van der Waals surface area contributed by atoms with Gasteiger partial charge in [0.25, 0.3) is 21.7 Å². The summed E-state index contributed by atoms with van der Waals surface area (Å²) in [5, 5.41) is 6.83. The lowest BCUT2D eigenvalue weighted by atomic mass is 10.1. The Morgan fingerprint density at radius 2 is 1.72 bits per heavy atom. The highest BCUT2D eigenvalue weighted by Gasteiger charge is 2.18. The van der Waals surface area contributed by atoms with Crippen LogP contribution in [0.5, 0.6) is 0 Å². The number of hydrogen-bond donors (Lipinski definition) is 2. The van der Waals surface area contributed by atoms with Crippen LogP contribution in [0.15, 0.2) is 71.8 Å². The molecular formula is C19H16N6O3S. The molecule has 0 aliphatic rings. The standard InChI is InChI=1S/C19H16N6O3S/c1-13(26)21-15-7-9-16(10-8-15)29(27,28)24-18-22-19-20-12-11-17(25(19)23-18)14-5-3-2-4-6-14/h2-12H,1H3,(H,21,26)(H,23,24). The molecule has 0 atom stereocenters. The number of nitrogens with zero attached hydrogens (tertiary/aromatic N) is 4. The normalized spacial score (nSPS) is 11.3. The third kappa shape index (κ3) is 3.92. The number of hydrogen-bond acceptors (Lipinski definition) is 6. The van der Waals surface area contributed by atoms with Gasteiger partial charge in [0.2, 0.25) is 5.91 Å². The van der Waals surface area contributed by atoms with E-state index >= 15 is 0 Å². The SMILES string of the molecule is CC(=O)Nc1ccc(S(=O)(=O)Nc2nc3nccc(-c4ccccc4)n3n2)cc1. The van der Waals surface area contributed by atoms with E-state index < -0.39 is 10.0 Å². The quantitative estimate of drug-likeness (QED) is 0.524. The fraction of sp³-hybridized carbons (Fsp3) is 0.0526. The number of anilines is 2. The monoisotopic (exact) mass is 408 g/mol. The summed E-state index contributed by atoms with van der Waals surface area (Å²) in [4.78, 5) is 19.4. The average Bonchev–Trinajstić information content (AvgIpc) is 3.10. The molecule has 2 heterocycles. The Morgan fingerprint density at radius 1 is 1.00 bits per heavy atom. The van der Waals surface area contributed by atoms with Crippen LogP contribution in [0.25, 0.3) is 17.0 Å². The molecule has 0 unspecified atom stereocenters. The molecule has 0 aliphatic heterocycles. The summed E-state index contributed by atoms with van der Waals surface area (Å²) in [6.07, 6.45) is 1.59. The highest BCUT2D eigenvalue weighted by Crippen LogP contribution is 2.21. The van der Waals surface area contributed by atoms with Crippen LogP contribution in [0.1, 0.15) is 6.92 Å². The number of nitrogens with one attached hydrogen (secondary N) is 2. The molecule has 4 aromatic rings. The van der Waals surface area contributed by atoms with Crippen LogP contribution in [0, 0.1) is 0 Å². The molecule has 4 rings (SSSR count). The summed E-state index contributed by atoms with van der Waals surface area (Å²) >= 11 is 0. The van der Waals surface area contributed by atoms with Crippen molar-refractivity contribution in [2.75, 3.05) is 10.0 Å². The fourth-order valence-corrected chi connectivity index (χ4v) is 3.70. The maximum absolute atomic E-state index is 12.7. The van der Waals surface area contributed by atoms with Gasteiger partial charge in [0, 0.05) is 24.4 Å². The minimum absolute atomic E-state index is 0.0155. The number of sulfonamides is 1. The molecule has 0 aliphatic carbocycles. The van der Waals surface area contributed by atoms with Crippen LogP contribution in [-0.2, 0) is 14.8 Å². The second-order valence-corrected chi connectivity index (χ2v) is 7.84. The van der Waals surface area contributed by atoms with E-state index in [1.165, 1.54) is 35.7 Å². The molecule has 146 valence electrons. The van der Waals surface area contributed by atoms with Crippen LogP contribution in [0.3, 0.4) is 0 Å². The van der Waals surface area contributed by atoms with Gasteiger partial charge in [0.1, 0.15) is 0 Å².